The van der Waals surface area contributed by atoms with E-state index in [4.69, 9.17) is 14.6 Å². The number of fused-ring (bicyclic) bond motifs is 1. The molecule has 35 heavy (non-hydrogen) atoms. The Morgan fingerprint density at radius 3 is 2.57 bits per heavy atom. The van der Waals surface area contributed by atoms with Gasteiger partial charge in [-0.1, -0.05) is 36.6 Å². The lowest BCUT2D eigenvalue weighted by Gasteiger charge is -2.22. The summed E-state index contributed by atoms with van der Waals surface area (Å²) < 4.78 is 7.74. The smallest absolute Gasteiger partial charge is 0.338 e. The van der Waals surface area contributed by atoms with Gasteiger partial charge in [0.15, 0.2) is 0 Å². The Kier molecular flexibility index (Phi) is 6.63. The van der Waals surface area contributed by atoms with Gasteiger partial charge in [0.2, 0.25) is 0 Å². The molecule has 3 heterocycles. The number of hydrogen-bond acceptors (Lipinski definition) is 5. The van der Waals surface area contributed by atoms with Crippen LogP contribution in [-0.4, -0.2) is 33.4 Å². The first-order chi connectivity index (χ1) is 16.9. The monoisotopic (exact) mass is 473 g/mol. The SMILES string of the molecule is CC1=NOC(C)C1c1cnc2c(-c3ccc(C(=O)OC(C)C)cc3)cn(CC3CCCCC3)c2c1. The Morgan fingerprint density at radius 1 is 1.17 bits per heavy atom. The molecule has 0 radical (unpaired) electrons. The van der Waals surface area contributed by atoms with Gasteiger partial charge in [-0.3, -0.25) is 4.98 Å². The molecule has 6 heteroatoms. The lowest BCUT2D eigenvalue weighted by molar-refractivity contribution is 0.0378. The van der Waals surface area contributed by atoms with Crippen molar-refractivity contribution >= 4 is 22.7 Å². The van der Waals surface area contributed by atoms with Crippen molar-refractivity contribution < 1.29 is 14.4 Å². The van der Waals surface area contributed by atoms with E-state index in [0.717, 1.165) is 40.0 Å². The molecule has 5 rings (SSSR count). The van der Waals surface area contributed by atoms with E-state index in [0.29, 0.717) is 11.5 Å². The van der Waals surface area contributed by atoms with Gasteiger partial charge in [-0.2, -0.15) is 0 Å². The van der Waals surface area contributed by atoms with Crippen molar-refractivity contribution in [1.82, 2.24) is 9.55 Å². The summed E-state index contributed by atoms with van der Waals surface area (Å²) in [4.78, 5) is 22.8. The van der Waals surface area contributed by atoms with Gasteiger partial charge in [0.05, 0.1) is 34.3 Å². The molecule has 0 spiro atoms. The predicted molar refractivity (Wildman–Crippen MR) is 139 cm³/mol. The van der Waals surface area contributed by atoms with Gasteiger partial charge in [0.25, 0.3) is 0 Å². The molecule has 1 fully saturated rings. The van der Waals surface area contributed by atoms with Crippen LogP contribution in [0.5, 0.6) is 0 Å². The third-order valence-corrected chi connectivity index (χ3v) is 7.33. The van der Waals surface area contributed by atoms with Crippen LogP contribution in [0.2, 0.25) is 0 Å². The lowest BCUT2D eigenvalue weighted by Crippen LogP contribution is -2.17. The molecule has 0 bridgehead atoms. The minimum absolute atomic E-state index is 0.00798. The van der Waals surface area contributed by atoms with Gasteiger partial charge in [0, 0.05) is 24.5 Å². The normalized spacial score (nSPS) is 20.8. The second-order valence-corrected chi connectivity index (χ2v) is 10.4. The number of carbonyl (C=O) groups excluding carboxylic acids is 1. The van der Waals surface area contributed by atoms with Crippen LogP contribution in [0.1, 0.15) is 81.6 Å². The van der Waals surface area contributed by atoms with Gasteiger partial charge >= 0.3 is 5.97 Å². The molecule has 6 nitrogen and oxygen atoms in total. The fourth-order valence-electron chi connectivity index (χ4n) is 5.57. The zero-order valence-corrected chi connectivity index (χ0v) is 21.2. The van der Waals surface area contributed by atoms with Crippen LogP contribution < -0.4 is 0 Å². The number of ether oxygens (including phenoxy) is 1. The highest BCUT2D eigenvalue weighted by Crippen LogP contribution is 2.36. The van der Waals surface area contributed by atoms with Crippen molar-refractivity contribution in [3.8, 4) is 11.1 Å². The number of rotatable bonds is 6. The van der Waals surface area contributed by atoms with E-state index in [1.807, 2.05) is 51.2 Å². The molecule has 3 aromatic rings. The molecule has 1 saturated carbocycles. The minimum atomic E-state index is -0.293. The first kappa shape index (κ1) is 23.6. The molecule has 2 aliphatic rings. The van der Waals surface area contributed by atoms with Gasteiger partial charge in [-0.25, -0.2) is 4.79 Å². The van der Waals surface area contributed by atoms with Gasteiger partial charge < -0.3 is 14.1 Å². The van der Waals surface area contributed by atoms with Crippen molar-refractivity contribution in [2.75, 3.05) is 0 Å². The fourth-order valence-corrected chi connectivity index (χ4v) is 5.57. The molecule has 2 unspecified atom stereocenters. The molecule has 2 atom stereocenters. The third kappa shape index (κ3) is 4.84. The number of carbonyl (C=O) groups is 1. The highest BCUT2D eigenvalue weighted by molar-refractivity contribution is 5.96. The topological polar surface area (TPSA) is 65.7 Å². The summed E-state index contributed by atoms with van der Waals surface area (Å²) in [7, 11) is 0. The molecule has 1 aromatic carbocycles. The summed E-state index contributed by atoms with van der Waals surface area (Å²) in [6.45, 7) is 8.81. The van der Waals surface area contributed by atoms with E-state index in [-0.39, 0.29) is 24.1 Å². The summed E-state index contributed by atoms with van der Waals surface area (Å²) in [5, 5.41) is 4.21. The van der Waals surface area contributed by atoms with Crippen LogP contribution in [0.15, 0.2) is 47.9 Å². The second kappa shape index (κ2) is 9.84. The zero-order valence-electron chi connectivity index (χ0n) is 21.2. The number of nitrogens with zero attached hydrogens (tertiary/aromatic N) is 3. The van der Waals surface area contributed by atoms with E-state index in [1.165, 1.54) is 32.1 Å². The first-order valence-corrected chi connectivity index (χ1v) is 12.9. The van der Waals surface area contributed by atoms with E-state index >= 15 is 0 Å². The Labute approximate surface area is 207 Å². The Bertz CT molecular complexity index is 1240. The molecule has 184 valence electrons. The largest absolute Gasteiger partial charge is 0.459 e. The molecule has 2 aromatic heterocycles. The molecular weight excluding hydrogens is 438 g/mol. The van der Waals surface area contributed by atoms with E-state index < -0.39 is 0 Å². The summed E-state index contributed by atoms with van der Waals surface area (Å²) >= 11 is 0. The first-order valence-electron chi connectivity index (χ1n) is 12.9. The van der Waals surface area contributed by atoms with Crippen LogP contribution in [0.3, 0.4) is 0 Å². The van der Waals surface area contributed by atoms with Crippen LogP contribution in [-0.2, 0) is 16.1 Å². The molecule has 0 amide bonds. The Balaban J connectivity index is 1.53. The number of hydrogen-bond donors (Lipinski definition) is 0. The van der Waals surface area contributed by atoms with E-state index in [9.17, 15) is 4.79 Å². The summed E-state index contributed by atoms with van der Waals surface area (Å²) in [5.74, 6) is 0.527. The fraction of sp³-hybridized carbons (Fsp3) is 0.483. The summed E-state index contributed by atoms with van der Waals surface area (Å²) in [6, 6.07) is 9.95. The van der Waals surface area contributed by atoms with Gasteiger partial charge in [-0.15, -0.1) is 0 Å². The highest BCUT2D eigenvalue weighted by Gasteiger charge is 2.30. The van der Waals surface area contributed by atoms with Crippen LogP contribution in [0.25, 0.3) is 22.2 Å². The molecule has 1 aliphatic heterocycles. The number of oxime groups is 1. The van der Waals surface area contributed by atoms with Crippen LogP contribution >= 0.6 is 0 Å². The maximum atomic E-state index is 12.3. The van der Waals surface area contributed by atoms with Crippen molar-refractivity contribution in [3.63, 3.8) is 0 Å². The molecule has 0 N–H and O–H groups in total. The number of pyridine rings is 1. The van der Waals surface area contributed by atoms with Gasteiger partial charge in [-0.05, 0) is 75.8 Å². The van der Waals surface area contributed by atoms with Crippen LogP contribution in [0.4, 0.5) is 0 Å². The predicted octanol–water partition coefficient (Wildman–Crippen LogP) is 6.73. The number of esters is 1. The van der Waals surface area contributed by atoms with Crippen LogP contribution in [0, 0.1) is 5.92 Å². The maximum Gasteiger partial charge on any atom is 0.338 e. The number of benzene rings is 1. The third-order valence-electron chi connectivity index (χ3n) is 7.33. The Morgan fingerprint density at radius 2 is 1.91 bits per heavy atom. The standard InChI is InChI=1S/C29H35N3O3/c1-18(2)34-29(33)23-12-10-22(11-13-23)25-17-32(16-21-8-6-5-7-9-21)26-14-24(15-30-28(25)26)27-19(3)31-35-20(27)4/h10-15,17-18,20-21,27H,5-9,16H2,1-4H3. The highest BCUT2D eigenvalue weighted by atomic mass is 16.6. The quantitative estimate of drug-likeness (QED) is 0.372. The maximum absolute atomic E-state index is 12.3. The lowest BCUT2D eigenvalue weighted by atomic mass is 9.89. The summed E-state index contributed by atoms with van der Waals surface area (Å²) in [6.07, 6.45) is 10.6. The minimum Gasteiger partial charge on any atom is -0.459 e. The van der Waals surface area contributed by atoms with Crippen molar-refractivity contribution in [1.29, 1.82) is 0 Å². The van der Waals surface area contributed by atoms with Crippen molar-refractivity contribution in [2.24, 2.45) is 11.1 Å². The van der Waals surface area contributed by atoms with Gasteiger partial charge in [0.1, 0.15) is 6.10 Å². The average Bonchev–Trinajstić information content (AvgIpc) is 3.38. The average molecular weight is 474 g/mol. The van der Waals surface area contributed by atoms with E-state index in [1.54, 1.807) is 0 Å². The molecule has 1 aliphatic carbocycles. The van der Waals surface area contributed by atoms with Crippen molar-refractivity contribution in [3.05, 3.63) is 53.9 Å². The molecular formula is C29H35N3O3. The second-order valence-electron chi connectivity index (χ2n) is 10.4. The molecule has 0 saturated heterocycles. The number of aromatic nitrogens is 2. The van der Waals surface area contributed by atoms with E-state index in [2.05, 4.69) is 28.9 Å². The zero-order chi connectivity index (χ0) is 24.5. The Hall–Kier alpha value is -3.15. The summed E-state index contributed by atoms with van der Waals surface area (Å²) in [5.41, 5.74) is 6.98. The van der Waals surface area contributed by atoms with Crippen molar-refractivity contribution in [2.45, 2.75) is 84.5 Å².